The Labute approximate surface area is 80.1 Å². The van der Waals surface area contributed by atoms with Crippen LogP contribution in [0.2, 0.25) is 0 Å². The fourth-order valence-electron chi connectivity index (χ4n) is 1.41. The maximum Gasteiger partial charge on any atom is 0.0442 e. The molecule has 0 amide bonds. The number of hydrogen-bond acceptors (Lipinski definition) is 2. The number of benzene rings is 1. The zero-order chi connectivity index (χ0) is 9.68. The molecule has 0 aliphatic rings. The van der Waals surface area contributed by atoms with Crippen LogP contribution < -0.4 is 11.1 Å². The topological polar surface area (TPSA) is 38.0 Å². The minimum Gasteiger partial charge on any atom is -0.329 e. The number of likely N-dealkylation sites (N-methyl/N-ethyl adjacent to an activating group) is 1. The molecule has 1 rings (SSSR count). The molecule has 1 aromatic rings. The second kappa shape index (κ2) is 5.00. The van der Waals surface area contributed by atoms with E-state index in [1.54, 1.807) is 0 Å². The van der Waals surface area contributed by atoms with Gasteiger partial charge >= 0.3 is 0 Å². The van der Waals surface area contributed by atoms with Gasteiger partial charge in [-0.25, -0.2) is 0 Å². The lowest BCUT2D eigenvalue weighted by atomic mass is 10.0. The van der Waals surface area contributed by atoms with Gasteiger partial charge in [0, 0.05) is 12.6 Å². The quantitative estimate of drug-likeness (QED) is 0.732. The zero-order valence-electron chi connectivity index (χ0n) is 8.38. The maximum atomic E-state index is 5.62. The molecular weight excluding hydrogens is 160 g/mol. The van der Waals surface area contributed by atoms with Gasteiger partial charge in [-0.05, 0) is 24.6 Å². The van der Waals surface area contributed by atoms with Crippen LogP contribution in [0.25, 0.3) is 0 Å². The summed E-state index contributed by atoms with van der Waals surface area (Å²) >= 11 is 0. The molecule has 0 fully saturated rings. The molecule has 0 aromatic heterocycles. The Morgan fingerprint density at radius 2 is 1.92 bits per heavy atom. The molecule has 3 N–H and O–H groups in total. The van der Waals surface area contributed by atoms with Crippen molar-refractivity contribution >= 4 is 0 Å². The Bertz CT molecular complexity index is 237. The van der Waals surface area contributed by atoms with Gasteiger partial charge in [-0.1, -0.05) is 31.2 Å². The molecule has 72 valence electrons. The number of nitrogens with two attached hydrogens (primary N) is 1. The summed E-state index contributed by atoms with van der Waals surface area (Å²) in [4.78, 5) is 0. The van der Waals surface area contributed by atoms with Gasteiger partial charge in [0.25, 0.3) is 0 Å². The van der Waals surface area contributed by atoms with Crippen LogP contribution in [0, 0.1) is 0 Å². The molecule has 0 spiro atoms. The van der Waals surface area contributed by atoms with Gasteiger partial charge in [-0.3, -0.25) is 0 Å². The first-order valence-corrected chi connectivity index (χ1v) is 4.78. The molecule has 2 heteroatoms. The summed E-state index contributed by atoms with van der Waals surface area (Å²) < 4.78 is 0. The predicted octanol–water partition coefficient (Wildman–Crippen LogP) is 1.47. The fourth-order valence-corrected chi connectivity index (χ4v) is 1.41. The van der Waals surface area contributed by atoms with Crippen molar-refractivity contribution < 1.29 is 0 Å². The van der Waals surface area contributed by atoms with Crippen LogP contribution in [0.1, 0.15) is 24.1 Å². The second-order valence-electron chi connectivity index (χ2n) is 3.17. The Morgan fingerprint density at radius 1 is 1.31 bits per heavy atom. The largest absolute Gasteiger partial charge is 0.329 e. The van der Waals surface area contributed by atoms with Gasteiger partial charge < -0.3 is 11.1 Å². The van der Waals surface area contributed by atoms with Gasteiger partial charge in [0.2, 0.25) is 0 Å². The van der Waals surface area contributed by atoms with Crippen molar-refractivity contribution in [3.05, 3.63) is 35.4 Å². The smallest absolute Gasteiger partial charge is 0.0442 e. The van der Waals surface area contributed by atoms with Crippen LogP contribution in [-0.4, -0.2) is 13.6 Å². The van der Waals surface area contributed by atoms with Crippen molar-refractivity contribution in [1.82, 2.24) is 5.32 Å². The molecular formula is C11H18N2. The highest BCUT2D eigenvalue weighted by Gasteiger charge is 2.05. The lowest BCUT2D eigenvalue weighted by Crippen LogP contribution is -2.24. The van der Waals surface area contributed by atoms with Crippen LogP contribution in [0.15, 0.2) is 24.3 Å². The van der Waals surface area contributed by atoms with Crippen molar-refractivity contribution in [3.8, 4) is 0 Å². The molecule has 1 aromatic carbocycles. The van der Waals surface area contributed by atoms with E-state index >= 15 is 0 Å². The molecule has 0 radical (unpaired) electrons. The minimum absolute atomic E-state index is 0.283. The number of rotatable bonds is 4. The summed E-state index contributed by atoms with van der Waals surface area (Å²) in [6.45, 7) is 2.80. The van der Waals surface area contributed by atoms with Crippen molar-refractivity contribution in [3.63, 3.8) is 0 Å². The molecule has 13 heavy (non-hydrogen) atoms. The van der Waals surface area contributed by atoms with E-state index in [0.29, 0.717) is 6.54 Å². The van der Waals surface area contributed by atoms with E-state index in [0.717, 1.165) is 6.42 Å². The predicted molar refractivity (Wildman–Crippen MR) is 56.7 cm³/mol. The third-order valence-corrected chi connectivity index (χ3v) is 2.37. The fraction of sp³-hybridized carbons (Fsp3) is 0.455. The third-order valence-electron chi connectivity index (χ3n) is 2.37. The molecule has 0 aliphatic carbocycles. The van der Waals surface area contributed by atoms with Gasteiger partial charge in [0.05, 0.1) is 0 Å². The molecule has 2 nitrogen and oxygen atoms in total. The first-order chi connectivity index (χ1) is 6.31. The van der Waals surface area contributed by atoms with E-state index in [2.05, 4.69) is 36.5 Å². The molecule has 0 bridgehead atoms. The molecule has 0 aliphatic heterocycles. The average Bonchev–Trinajstić information content (AvgIpc) is 2.21. The van der Waals surface area contributed by atoms with Gasteiger partial charge in [-0.2, -0.15) is 0 Å². The highest BCUT2D eigenvalue weighted by molar-refractivity contribution is 5.25. The van der Waals surface area contributed by atoms with Gasteiger partial charge in [0.1, 0.15) is 0 Å². The summed E-state index contributed by atoms with van der Waals surface area (Å²) in [5.41, 5.74) is 8.26. The summed E-state index contributed by atoms with van der Waals surface area (Å²) in [5, 5.41) is 3.18. The number of aryl methyl sites for hydroxylation is 1. The van der Waals surface area contributed by atoms with E-state index in [1.165, 1.54) is 11.1 Å². The summed E-state index contributed by atoms with van der Waals surface area (Å²) in [7, 11) is 1.94. The van der Waals surface area contributed by atoms with E-state index in [1.807, 2.05) is 7.05 Å². The highest BCUT2D eigenvalue weighted by Crippen LogP contribution is 2.12. The second-order valence-corrected chi connectivity index (χ2v) is 3.17. The minimum atomic E-state index is 0.283. The van der Waals surface area contributed by atoms with E-state index in [4.69, 9.17) is 5.73 Å². The third kappa shape index (κ3) is 2.54. The van der Waals surface area contributed by atoms with Crippen molar-refractivity contribution in [2.24, 2.45) is 5.73 Å². The Balaban J connectivity index is 2.78. The van der Waals surface area contributed by atoms with Gasteiger partial charge in [0.15, 0.2) is 0 Å². The first kappa shape index (κ1) is 10.2. The van der Waals surface area contributed by atoms with Crippen molar-refractivity contribution in [1.29, 1.82) is 0 Å². The van der Waals surface area contributed by atoms with Crippen LogP contribution in [0.4, 0.5) is 0 Å². The van der Waals surface area contributed by atoms with Crippen molar-refractivity contribution in [2.75, 3.05) is 13.6 Å². The standard InChI is InChI=1S/C11H18N2/c1-3-9-4-6-10(7-5-9)11(8-12)13-2/h4-7,11,13H,3,8,12H2,1-2H3. The molecule has 0 saturated carbocycles. The summed E-state index contributed by atoms with van der Waals surface area (Å²) in [5.74, 6) is 0. The van der Waals surface area contributed by atoms with E-state index < -0.39 is 0 Å². The highest BCUT2D eigenvalue weighted by atomic mass is 14.9. The Hall–Kier alpha value is -0.860. The summed E-state index contributed by atoms with van der Waals surface area (Å²) in [6, 6.07) is 8.90. The van der Waals surface area contributed by atoms with Crippen molar-refractivity contribution in [2.45, 2.75) is 19.4 Å². The number of hydrogen-bond donors (Lipinski definition) is 2. The normalized spacial score (nSPS) is 12.8. The Kier molecular flexibility index (Phi) is 3.93. The summed E-state index contributed by atoms with van der Waals surface area (Å²) in [6.07, 6.45) is 1.09. The Morgan fingerprint density at radius 3 is 2.31 bits per heavy atom. The van der Waals surface area contributed by atoms with E-state index in [9.17, 15) is 0 Å². The molecule has 1 unspecified atom stereocenters. The molecule has 0 saturated heterocycles. The SMILES string of the molecule is CCc1ccc(C(CN)NC)cc1. The van der Waals surface area contributed by atoms with E-state index in [-0.39, 0.29) is 6.04 Å². The number of nitrogens with one attached hydrogen (secondary N) is 1. The van der Waals surface area contributed by atoms with Crippen LogP contribution in [0.3, 0.4) is 0 Å². The van der Waals surface area contributed by atoms with Gasteiger partial charge in [-0.15, -0.1) is 0 Å². The maximum absolute atomic E-state index is 5.62. The molecule has 1 atom stereocenters. The molecule has 0 heterocycles. The lowest BCUT2D eigenvalue weighted by molar-refractivity contribution is 0.605. The first-order valence-electron chi connectivity index (χ1n) is 4.78. The van der Waals surface area contributed by atoms with Crippen LogP contribution in [0.5, 0.6) is 0 Å². The van der Waals surface area contributed by atoms with Crippen LogP contribution >= 0.6 is 0 Å². The monoisotopic (exact) mass is 178 g/mol. The lowest BCUT2D eigenvalue weighted by Gasteiger charge is -2.14. The zero-order valence-corrected chi connectivity index (χ0v) is 8.38. The van der Waals surface area contributed by atoms with Crippen LogP contribution in [-0.2, 0) is 6.42 Å². The average molecular weight is 178 g/mol.